The number of hydrogen-bond donors (Lipinski definition) is 2. The second-order valence-electron chi connectivity index (χ2n) is 5.94. The smallest absolute Gasteiger partial charge is 0.406 e. The second kappa shape index (κ2) is 6.21. The van der Waals surface area contributed by atoms with E-state index in [9.17, 15) is 22.8 Å². The highest BCUT2D eigenvalue weighted by atomic mass is 19.4. The van der Waals surface area contributed by atoms with Crippen molar-refractivity contribution in [2.45, 2.75) is 50.4 Å². The molecular weight excluding hydrogens is 289 g/mol. The summed E-state index contributed by atoms with van der Waals surface area (Å²) >= 11 is 0. The van der Waals surface area contributed by atoms with E-state index < -0.39 is 31.1 Å². The minimum absolute atomic E-state index is 0.00194. The summed E-state index contributed by atoms with van der Waals surface area (Å²) in [5.74, 6) is -2.11. The van der Waals surface area contributed by atoms with E-state index in [1.54, 1.807) is 0 Å². The Morgan fingerprint density at radius 1 is 1.19 bits per heavy atom. The van der Waals surface area contributed by atoms with Gasteiger partial charge in [0, 0.05) is 18.5 Å². The Morgan fingerprint density at radius 3 is 2.24 bits per heavy atom. The van der Waals surface area contributed by atoms with Crippen LogP contribution in [-0.2, 0) is 9.59 Å². The lowest BCUT2D eigenvalue weighted by Gasteiger charge is -2.30. The van der Waals surface area contributed by atoms with E-state index in [4.69, 9.17) is 5.11 Å². The summed E-state index contributed by atoms with van der Waals surface area (Å²) in [6, 6.07) is 0.689. The summed E-state index contributed by atoms with van der Waals surface area (Å²) in [5.41, 5.74) is 0. The summed E-state index contributed by atoms with van der Waals surface area (Å²) in [6.07, 6.45) is -0.964. The lowest BCUT2D eigenvalue weighted by atomic mass is 9.89. The molecule has 8 heteroatoms. The summed E-state index contributed by atoms with van der Waals surface area (Å²) in [4.78, 5) is 23.0. The number of carbonyl (C=O) groups is 2. The van der Waals surface area contributed by atoms with Gasteiger partial charge in [-0.25, -0.2) is 0 Å². The molecule has 2 fully saturated rings. The Kier molecular flexibility index (Phi) is 4.75. The number of carboxylic acids is 1. The lowest BCUT2D eigenvalue weighted by Crippen LogP contribution is -2.44. The van der Waals surface area contributed by atoms with Gasteiger partial charge in [0.15, 0.2) is 0 Å². The van der Waals surface area contributed by atoms with Gasteiger partial charge in [-0.3, -0.25) is 9.59 Å². The highest BCUT2D eigenvalue weighted by Gasteiger charge is 2.37. The fourth-order valence-corrected chi connectivity index (χ4v) is 3.33. The molecule has 0 spiro atoms. The molecule has 0 aliphatic carbocycles. The number of amides is 1. The molecule has 0 saturated carbocycles. The first-order chi connectivity index (χ1) is 9.73. The fourth-order valence-electron chi connectivity index (χ4n) is 3.33. The summed E-state index contributed by atoms with van der Waals surface area (Å²) in [5, 5.41) is 12.1. The highest BCUT2D eigenvalue weighted by molar-refractivity contribution is 5.81. The third-order valence-electron chi connectivity index (χ3n) is 4.08. The number of piperidine rings is 1. The van der Waals surface area contributed by atoms with Gasteiger partial charge in [0.2, 0.25) is 5.91 Å². The van der Waals surface area contributed by atoms with E-state index in [1.807, 2.05) is 0 Å². The monoisotopic (exact) mass is 308 g/mol. The van der Waals surface area contributed by atoms with Crippen molar-refractivity contribution in [3.05, 3.63) is 0 Å². The van der Waals surface area contributed by atoms with Crippen molar-refractivity contribution in [1.82, 2.24) is 10.2 Å². The van der Waals surface area contributed by atoms with Crippen LogP contribution in [0.3, 0.4) is 0 Å². The molecule has 0 radical (unpaired) electrons. The number of halogens is 3. The molecule has 2 heterocycles. The average molecular weight is 308 g/mol. The molecule has 1 amide bonds. The Hall–Kier alpha value is -1.31. The largest absolute Gasteiger partial charge is 0.480 e. The van der Waals surface area contributed by atoms with Crippen LogP contribution < -0.4 is 5.32 Å². The molecule has 0 aromatic carbocycles. The van der Waals surface area contributed by atoms with E-state index in [0.29, 0.717) is 17.0 Å². The fraction of sp³-hybridized carbons (Fsp3) is 0.846. The Morgan fingerprint density at radius 2 is 1.76 bits per heavy atom. The molecule has 2 saturated heterocycles. The first kappa shape index (κ1) is 16.1. The first-order valence-electron chi connectivity index (χ1n) is 7.05. The van der Waals surface area contributed by atoms with Crippen molar-refractivity contribution in [1.29, 1.82) is 0 Å². The predicted molar refractivity (Wildman–Crippen MR) is 67.6 cm³/mol. The third kappa shape index (κ3) is 4.87. The van der Waals surface area contributed by atoms with Crippen LogP contribution in [-0.4, -0.2) is 53.2 Å². The predicted octanol–water partition coefficient (Wildman–Crippen LogP) is 1.38. The van der Waals surface area contributed by atoms with Crippen molar-refractivity contribution in [3.8, 4) is 0 Å². The van der Waals surface area contributed by atoms with Crippen LogP contribution in [0.2, 0.25) is 0 Å². The number of nitrogens with one attached hydrogen (secondary N) is 1. The molecule has 0 aromatic heterocycles. The van der Waals surface area contributed by atoms with Gasteiger partial charge in [0.05, 0.1) is 0 Å². The van der Waals surface area contributed by atoms with Gasteiger partial charge < -0.3 is 15.3 Å². The maximum atomic E-state index is 12.4. The van der Waals surface area contributed by atoms with Crippen molar-refractivity contribution in [2.75, 3.05) is 13.1 Å². The van der Waals surface area contributed by atoms with Crippen molar-refractivity contribution < 1.29 is 27.9 Å². The van der Waals surface area contributed by atoms with E-state index in [-0.39, 0.29) is 12.3 Å². The number of aliphatic carboxylic acids is 1. The lowest BCUT2D eigenvalue weighted by molar-refractivity contribution is -0.166. The molecule has 2 rings (SSSR count). The molecular formula is C13H19F3N2O3. The van der Waals surface area contributed by atoms with Crippen LogP contribution in [0.4, 0.5) is 13.2 Å². The molecule has 2 atom stereocenters. The molecule has 2 unspecified atom stereocenters. The Balaban J connectivity index is 1.92. The van der Waals surface area contributed by atoms with Gasteiger partial charge in [-0.1, -0.05) is 0 Å². The normalized spacial score (nSPS) is 28.4. The number of fused-ring (bicyclic) bond motifs is 2. The molecule has 120 valence electrons. The number of hydrogen-bond acceptors (Lipinski definition) is 3. The van der Waals surface area contributed by atoms with Crippen LogP contribution in [0.25, 0.3) is 0 Å². The summed E-state index contributed by atoms with van der Waals surface area (Å²) in [6.45, 7) is -2.41. The van der Waals surface area contributed by atoms with Crippen LogP contribution in [0.5, 0.6) is 0 Å². The molecule has 2 aliphatic rings. The van der Waals surface area contributed by atoms with Gasteiger partial charge in [-0.05, 0) is 31.6 Å². The molecule has 2 aliphatic heterocycles. The summed E-state index contributed by atoms with van der Waals surface area (Å²) in [7, 11) is 0. The minimum atomic E-state index is -4.59. The van der Waals surface area contributed by atoms with Gasteiger partial charge in [0.25, 0.3) is 0 Å². The van der Waals surface area contributed by atoms with Gasteiger partial charge in [0.1, 0.15) is 13.1 Å². The van der Waals surface area contributed by atoms with Crippen LogP contribution >= 0.6 is 0 Å². The molecule has 5 nitrogen and oxygen atoms in total. The topological polar surface area (TPSA) is 69.6 Å². The maximum Gasteiger partial charge on any atom is 0.406 e. The van der Waals surface area contributed by atoms with Crippen molar-refractivity contribution in [2.24, 2.45) is 5.92 Å². The molecule has 2 bridgehead atoms. The Labute approximate surface area is 120 Å². The number of carboxylic acid groups (broad SMARTS) is 1. The summed E-state index contributed by atoms with van der Waals surface area (Å²) < 4.78 is 37.3. The number of nitrogens with zero attached hydrogens (tertiary/aromatic N) is 1. The van der Waals surface area contributed by atoms with Crippen molar-refractivity contribution in [3.63, 3.8) is 0 Å². The zero-order chi connectivity index (χ0) is 15.6. The van der Waals surface area contributed by atoms with Crippen molar-refractivity contribution >= 4 is 11.9 Å². The van der Waals surface area contributed by atoms with Gasteiger partial charge >= 0.3 is 12.1 Å². The maximum absolute atomic E-state index is 12.4. The number of alkyl halides is 3. The zero-order valence-electron chi connectivity index (χ0n) is 11.5. The van der Waals surface area contributed by atoms with Gasteiger partial charge in [-0.15, -0.1) is 0 Å². The number of rotatable bonds is 5. The van der Waals surface area contributed by atoms with E-state index in [1.165, 1.54) is 0 Å². The number of carbonyl (C=O) groups excluding carboxylic acids is 1. The Bertz CT molecular complexity index is 402. The SMILES string of the molecule is O=C(O)CN(CC(F)(F)F)C(=O)CC1CC2CCC(C1)N2. The molecule has 0 aromatic rings. The van der Waals surface area contributed by atoms with Crippen LogP contribution in [0.15, 0.2) is 0 Å². The second-order valence-corrected chi connectivity index (χ2v) is 5.94. The average Bonchev–Trinajstić information content (AvgIpc) is 2.65. The quantitative estimate of drug-likeness (QED) is 0.805. The van der Waals surface area contributed by atoms with Gasteiger partial charge in [-0.2, -0.15) is 13.2 Å². The van der Waals surface area contributed by atoms with E-state index in [2.05, 4.69) is 5.32 Å². The molecule has 2 N–H and O–H groups in total. The van der Waals surface area contributed by atoms with E-state index in [0.717, 1.165) is 25.7 Å². The highest BCUT2D eigenvalue weighted by Crippen LogP contribution is 2.33. The first-order valence-corrected chi connectivity index (χ1v) is 7.05. The zero-order valence-corrected chi connectivity index (χ0v) is 11.5. The minimum Gasteiger partial charge on any atom is -0.480 e. The molecule has 21 heavy (non-hydrogen) atoms. The van der Waals surface area contributed by atoms with Crippen LogP contribution in [0, 0.1) is 5.92 Å². The third-order valence-corrected chi connectivity index (χ3v) is 4.08. The standard InChI is InChI=1S/C13H19F3N2O3/c14-13(15,16)7-18(6-12(20)21)11(19)5-8-3-9-1-2-10(4-8)17-9/h8-10,17H,1-7H2,(H,20,21). The van der Waals surface area contributed by atoms with Crippen LogP contribution in [0.1, 0.15) is 32.1 Å². The van der Waals surface area contributed by atoms with E-state index >= 15 is 0 Å².